The summed E-state index contributed by atoms with van der Waals surface area (Å²) in [5.41, 5.74) is 0. The van der Waals surface area contributed by atoms with E-state index in [1.807, 2.05) is 0 Å². The van der Waals surface area contributed by atoms with Gasteiger partial charge in [-0.25, -0.2) is 0 Å². The van der Waals surface area contributed by atoms with E-state index in [2.05, 4.69) is 25.7 Å². The summed E-state index contributed by atoms with van der Waals surface area (Å²) < 4.78 is 0. The molecule has 1 aliphatic rings. The molecule has 0 N–H and O–H groups in total. The highest BCUT2D eigenvalue weighted by Gasteiger charge is 2.22. The lowest BCUT2D eigenvalue weighted by Crippen LogP contribution is -2.37. The van der Waals surface area contributed by atoms with Crippen LogP contribution in [-0.2, 0) is 0 Å². The van der Waals surface area contributed by atoms with Gasteiger partial charge in [0.25, 0.3) is 0 Å². The molecule has 0 atom stereocenters. The first kappa shape index (κ1) is 11.0. The number of nitrogens with zero attached hydrogens (tertiary/aromatic N) is 1. The van der Waals surface area contributed by atoms with Gasteiger partial charge in [0.05, 0.1) is 0 Å². The Morgan fingerprint density at radius 2 is 1.46 bits per heavy atom. The van der Waals surface area contributed by atoms with E-state index in [4.69, 9.17) is 0 Å². The van der Waals surface area contributed by atoms with Crippen LogP contribution in [0.1, 0.15) is 52.9 Å². The van der Waals surface area contributed by atoms with Crippen molar-refractivity contribution >= 4 is 0 Å². The highest BCUT2D eigenvalue weighted by Crippen LogP contribution is 2.29. The molecular formula is C12H25N. The summed E-state index contributed by atoms with van der Waals surface area (Å²) >= 11 is 0. The van der Waals surface area contributed by atoms with Gasteiger partial charge < -0.3 is 4.90 Å². The third kappa shape index (κ3) is 2.98. The Kier molecular flexibility index (Phi) is 4.79. The number of hydrogen-bond acceptors (Lipinski definition) is 1. The van der Waals surface area contributed by atoms with E-state index in [1.54, 1.807) is 0 Å². The molecule has 1 rings (SSSR count). The van der Waals surface area contributed by atoms with Crippen molar-refractivity contribution in [3.63, 3.8) is 0 Å². The Labute approximate surface area is 83.5 Å². The van der Waals surface area contributed by atoms with E-state index in [9.17, 15) is 0 Å². The second kappa shape index (κ2) is 5.64. The van der Waals surface area contributed by atoms with Gasteiger partial charge in [0, 0.05) is 6.04 Å². The first-order valence-corrected chi connectivity index (χ1v) is 6.05. The van der Waals surface area contributed by atoms with Crippen LogP contribution >= 0.6 is 0 Å². The molecule has 0 heterocycles. The molecule has 1 saturated carbocycles. The quantitative estimate of drug-likeness (QED) is 0.646. The fraction of sp³-hybridized carbons (Fsp3) is 1.00. The zero-order valence-electron chi connectivity index (χ0n) is 9.55. The first-order chi connectivity index (χ1) is 6.31. The molecule has 0 aliphatic heterocycles. The summed E-state index contributed by atoms with van der Waals surface area (Å²) in [4.78, 5) is 2.63. The lowest BCUT2D eigenvalue weighted by molar-refractivity contribution is 0.147. The van der Waals surface area contributed by atoms with Crippen molar-refractivity contribution in [3.8, 4) is 0 Å². The van der Waals surface area contributed by atoms with Crippen LogP contribution in [0, 0.1) is 5.92 Å². The standard InChI is InChI=1S/C12H25N/c1-4-11-7-9-12(10-8-11)13(5-2)6-3/h11-12H,4-10H2,1-3H3. The van der Waals surface area contributed by atoms with Gasteiger partial charge in [-0.2, -0.15) is 0 Å². The lowest BCUT2D eigenvalue weighted by atomic mass is 9.84. The summed E-state index contributed by atoms with van der Waals surface area (Å²) in [6.07, 6.45) is 7.22. The normalized spacial score (nSPS) is 29.5. The Balaban J connectivity index is 2.30. The van der Waals surface area contributed by atoms with Gasteiger partial charge in [0.15, 0.2) is 0 Å². The van der Waals surface area contributed by atoms with Crippen LogP contribution < -0.4 is 0 Å². The van der Waals surface area contributed by atoms with Crippen LogP contribution in [0.3, 0.4) is 0 Å². The van der Waals surface area contributed by atoms with Crippen LogP contribution in [0.5, 0.6) is 0 Å². The summed E-state index contributed by atoms with van der Waals surface area (Å²) in [6, 6.07) is 0.901. The lowest BCUT2D eigenvalue weighted by Gasteiger charge is -2.35. The maximum absolute atomic E-state index is 2.63. The molecular weight excluding hydrogens is 158 g/mol. The molecule has 1 nitrogen and oxygen atoms in total. The van der Waals surface area contributed by atoms with Crippen molar-refractivity contribution < 1.29 is 0 Å². The topological polar surface area (TPSA) is 3.24 Å². The van der Waals surface area contributed by atoms with Crippen LogP contribution in [-0.4, -0.2) is 24.0 Å². The van der Waals surface area contributed by atoms with Crippen molar-refractivity contribution in [1.82, 2.24) is 4.90 Å². The molecule has 78 valence electrons. The van der Waals surface area contributed by atoms with E-state index >= 15 is 0 Å². The molecule has 13 heavy (non-hydrogen) atoms. The maximum Gasteiger partial charge on any atom is 0.00952 e. The van der Waals surface area contributed by atoms with Crippen LogP contribution in [0.15, 0.2) is 0 Å². The molecule has 0 spiro atoms. The van der Waals surface area contributed by atoms with Gasteiger partial charge in [-0.05, 0) is 44.7 Å². The average Bonchev–Trinajstić information content (AvgIpc) is 2.21. The molecule has 0 radical (unpaired) electrons. The summed E-state index contributed by atoms with van der Waals surface area (Å²) in [6.45, 7) is 9.38. The Hall–Kier alpha value is -0.0400. The van der Waals surface area contributed by atoms with Crippen LogP contribution in [0.2, 0.25) is 0 Å². The van der Waals surface area contributed by atoms with Gasteiger partial charge in [-0.15, -0.1) is 0 Å². The van der Waals surface area contributed by atoms with Gasteiger partial charge in [-0.1, -0.05) is 27.2 Å². The Morgan fingerprint density at radius 3 is 1.85 bits per heavy atom. The van der Waals surface area contributed by atoms with E-state index in [-0.39, 0.29) is 0 Å². The second-order valence-corrected chi connectivity index (χ2v) is 4.30. The highest BCUT2D eigenvalue weighted by atomic mass is 15.1. The third-order valence-corrected chi connectivity index (χ3v) is 3.72. The predicted molar refractivity (Wildman–Crippen MR) is 59.0 cm³/mol. The molecule has 0 unspecified atom stereocenters. The van der Waals surface area contributed by atoms with Gasteiger partial charge >= 0.3 is 0 Å². The Bertz CT molecular complexity index is 121. The third-order valence-electron chi connectivity index (χ3n) is 3.72. The molecule has 0 aromatic heterocycles. The van der Waals surface area contributed by atoms with Crippen LogP contribution in [0.25, 0.3) is 0 Å². The molecule has 0 aromatic carbocycles. The van der Waals surface area contributed by atoms with Gasteiger partial charge in [0.2, 0.25) is 0 Å². The summed E-state index contributed by atoms with van der Waals surface area (Å²) in [5.74, 6) is 1.03. The fourth-order valence-electron chi connectivity index (χ4n) is 2.66. The van der Waals surface area contributed by atoms with Crippen LogP contribution in [0.4, 0.5) is 0 Å². The van der Waals surface area contributed by atoms with Crippen molar-refractivity contribution in [2.75, 3.05) is 13.1 Å². The van der Waals surface area contributed by atoms with Gasteiger partial charge in [-0.3, -0.25) is 0 Å². The predicted octanol–water partition coefficient (Wildman–Crippen LogP) is 3.30. The SMILES string of the molecule is CCC1CCC(N(CC)CC)CC1. The maximum atomic E-state index is 2.63. The summed E-state index contributed by atoms with van der Waals surface area (Å²) in [7, 11) is 0. The highest BCUT2D eigenvalue weighted by molar-refractivity contribution is 4.78. The largest absolute Gasteiger partial charge is 0.301 e. The average molecular weight is 183 g/mol. The summed E-state index contributed by atoms with van der Waals surface area (Å²) in [5, 5.41) is 0. The zero-order chi connectivity index (χ0) is 9.68. The number of rotatable bonds is 4. The van der Waals surface area contributed by atoms with Crippen molar-refractivity contribution in [2.24, 2.45) is 5.92 Å². The molecule has 1 heteroatoms. The first-order valence-electron chi connectivity index (χ1n) is 6.05. The molecule has 0 amide bonds. The molecule has 1 fully saturated rings. The van der Waals surface area contributed by atoms with E-state index in [1.165, 1.54) is 45.2 Å². The van der Waals surface area contributed by atoms with Crippen molar-refractivity contribution in [1.29, 1.82) is 0 Å². The molecule has 1 aliphatic carbocycles. The van der Waals surface area contributed by atoms with E-state index in [0.29, 0.717) is 0 Å². The minimum Gasteiger partial charge on any atom is -0.301 e. The molecule has 0 aromatic rings. The zero-order valence-corrected chi connectivity index (χ0v) is 9.55. The van der Waals surface area contributed by atoms with Gasteiger partial charge in [0.1, 0.15) is 0 Å². The molecule has 0 saturated heterocycles. The minimum absolute atomic E-state index is 0.901. The van der Waals surface area contributed by atoms with Crippen molar-refractivity contribution in [3.05, 3.63) is 0 Å². The number of hydrogen-bond donors (Lipinski definition) is 0. The molecule has 0 bridgehead atoms. The fourth-order valence-corrected chi connectivity index (χ4v) is 2.66. The Morgan fingerprint density at radius 1 is 0.923 bits per heavy atom. The van der Waals surface area contributed by atoms with E-state index < -0.39 is 0 Å². The van der Waals surface area contributed by atoms with Crippen molar-refractivity contribution in [2.45, 2.75) is 58.9 Å². The minimum atomic E-state index is 0.901. The monoisotopic (exact) mass is 183 g/mol. The smallest absolute Gasteiger partial charge is 0.00952 e. The van der Waals surface area contributed by atoms with E-state index in [0.717, 1.165) is 12.0 Å². The second-order valence-electron chi connectivity index (χ2n) is 4.30.